The largest absolute Gasteiger partial charge is 0.497 e. The zero-order valence-corrected chi connectivity index (χ0v) is 13.6. The zero-order chi connectivity index (χ0) is 16.1. The number of benzene rings is 1. The van der Waals surface area contributed by atoms with Crippen molar-refractivity contribution >= 4 is 15.9 Å². The fraction of sp³-hybridized carbons (Fsp3) is 0.500. The molecule has 7 heteroatoms. The van der Waals surface area contributed by atoms with Crippen LogP contribution in [0.25, 0.3) is 0 Å². The van der Waals surface area contributed by atoms with Gasteiger partial charge < -0.3 is 10.1 Å². The first kappa shape index (κ1) is 17.5. The summed E-state index contributed by atoms with van der Waals surface area (Å²) in [6.07, 6.45) is 0.0899. The van der Waals surface area contributed by atoms with E-state index in [4.69, 9.17) is 4.74 Å². The number of carbonyl (C=O) groups is 1. The van der Waals surface area contributed by atoms with Gasteiger partial charge in [-0.1, -0.05) is 0 Å². The minimum atomic E-state index is -3.61. The fourth-order valence-electron chi connectivity index (χ4n) is 1.62. The number of hydrogen-bond acceptors (Lipinski definition) is 4. The Balaban J connectivity index is 2.55. The van der Waals surface area contributed by atoms with Crippen LogP contribution in [0.3, 0.4) is 0 Å². The third-order valence-electron chi connectivity index (χ3n) is 2.53. The summed E-state index contributed by atoms with van der Waals surface area (Å²) >= 11 is 0. The first-order valence-corrected chi connectivity index (χ1v) is 8.07. The van der Waals surface area contributed by atoms with Crippen molar-refractivity contribution in [2.45, 2.75) is 37.6 Å². The number of amides is 1. The molecule has 0 bridgehead atoms. The van der Waals surface area contributed by atoms with E-state index >= 15 is 0 Å². The number of sulfonamides is 1. The summed E-state index contributed by atoms with van der Waals surface area (Å²) in [4.78, 5) is 11.7. The molecule has 1 amide bonds. The molecule has 21 heavy (non-hydrogen) atoms. The summed E-state index contributed by atoms with van der Waals surface area (Å²) in [5.74, 6) is 0.387. The van der Waals surface area contributed by atoms with Crippen molar-refractivity contribution in [2.75, 3.05) is 13.7 Å². The SMILES string of the molecule is COc1ccc(S(=O)(=O)NCCC(=O)NC(C)(C)C)cc1. The fourth-order valence-corrected chi connectivity index (χ4v) is 2.65. The molecule has 0 atom stereocenters. The standard InChI is InChI=1S/C14H22N2O4S/c1-14(2,3)16-13(17)9-10-15-21(18,19)12-7-5-11(20-4)6-8-12/h5-8,15H,9-10H2,1-4H3,(H,16,17). The Hall–Kier alpha value is -1.60. The summed E-state index contributed by atoms with van der Waals surface area (Å²) < 4.78 is 31.4. The predicted molar refractivity (Wildman–Crippen MR) is 80.7 cm³/mol. The van der Waals surface area contributed by atoms with Gasteiger partial charge in [-0.2, -0.15) is 0 Å². The Labute approximate surface area is 125 Å². The number of rotatable bonds is 6. The lowest BCUT2D eigenvalue weighted by molar-refractivity contribution is -0.122. The molecule has 118 valence electrons. The van der Waals surface area contributed by atoms with Crippen LogP contribution in [-0.2, 0) is 14.8 Å². The predicted octanol–water partition coefficient (Wildman–Crippen LogP) is 1.28. The highest BCUT2D eigenvalue weighted by molar-refractivity contribution is 7.89. The van der Waals surface area contributed by atoms with Gasteiger partial charge >= 0.3 is 0 Å². The Morgan fingerprint density at radius 1 is 1.19 bits per heavy atom. The third kappa shape index (κ3) is 6.14. The Bertz CT molecular complexity index is 574. The minimum Gasteiger partial charge on any atom is -0.497 e. The second-order valence-electron chi connectivity index (χ2n) is 5.62. The van der Waals surface area contributed by atoms with Crippen molar-refractivity contribution in [3.8, 4) is 5.75 Å². The first-order valence-electron chi connectivity index (χ1n) is 6.59. The molecule has 0 saturated carbocycles. The molecule has 6 nitrogen and oxygen atoms in total. The summed E-state index contributed by atoms with van der Waals surface area (Å²) in [5.41, 5.74) is -0.327. The van der Waals surface area contributed by atoms with Crippen LogP contribution in [0.15, 0.2) is 29.2 Å². The highest BCUT2D eigenvalue weighted by Gasteiger charge is 2.16. The van der Waals surface area contributed by atoms with Crippen LogP contribution >= 0.6 is 0 Å². The van der Waals surface area contributed by atoms with Gasteiger partial charge in [0.05, 0.1) is 12.0 Å². The van der Waals surface area contributed by atoms with Crippen LogP contribution in [-0.4, -0.2) is 33.5 Å². The van der Waals surface area contributed by atoms with E-state index in [1.807, 2.05) is 20.8 Å². The van der Waals surface area contributed by atoms with E-state index < -0.39 is 10.0 Å². The minimum absolute atomic E-state index is 0.0519. The van der Waals surface area contributed by atoms with Crippen LogP contribution < -0.4 is 14.8 Å². The lowest BCUT2D eigenvalue weighted by Crippen LogP contribution is -2.41. The van der Waals surface area contributed by atoms with Crippen molar-refractivity contribution in [3.05, 3.63) is 24.3 Å². The summed E-state index contributed by atoms with van der Waals surface area (Å²) in [7, 11) is -2.10. The Kier molecular flexibility index (Phi) is 5.74. The maximum Gasteiger partial charge on any atom is 0.240 e. The lowest BCUT2D eigenvalue weighted by Gasteiger charge is -2.20. The molecule has 0 spiro atoms. The quantitative estimate of drug-likeness (QED) is 0.828. The maximum absolute atomic E-state index is 12.0. The van der Waals surface area contributed by atoms with Crippen LogP contribution in [0.2, 0.25) is 0 Å². The van der Waals surface area contributed by atoms with E-state index in [1.54, 1.807) is 12.1 Å². The zero-order valence-electron chi connectivity index (χ0n) is 12.8. The molecule has 0 saturated heterocycles. The molecule has 2 N–H and O–H groups in total. The molecular weight excluding hydrogens is 292 g/mol. The molecule has 1 aromatic carbocycles. The van der Waals surface area contributed by atoms with E-state index in [1.165, 1.54) is 19.2 Å². The molecule has 0 aliphatic heterocycles. The molecular formula is C14H22N2O4S. The van der Waals surface area contributed by atoms with E-state index in [-0.39, 0.29) is 29.3 Å². The van der Waals surface area contributed by atoms with Crippen LogP contribution in [0, 0.1) is 0 Å². The van der Waals surface area contributed by atoms with Crippen molar-refractivity contribution in [1.29, 1.82) is 0 Å². The number of ether oxygens (including phenoxy) is 1. The molecule has 0 fully saturated rings. The Morgan fingerprint density at radius 3 is 2.24 bits per heavy atom. The average Bonchev–Trinajstić information content (AvgIpc) is 2.36. The van der Waals surface area contributed by atoms with Gasteiger partial charge in [-0.15, -0.1) is 0 Å². The Morgan fingerprint density at radius 2 is 1.76 bits per heavy atom. The van der Waals surface area contributed by atoms with Crippen molar-refractivity contribution < 1.29 is 17.9 Å². The van der Waals surface area contributed by atoms with Crippen molar-refractivity contribution in [3.63, 3.8) is 0 Å². The molecule has 0 heterocycles. The number of hydrogen-bond donors (Lipinski definition) is 2. The van der Waals surface area contributed by atoms with E-state index in [9.17, 15) is 13.2 Å². The van der Waals surface area contributed by atoms with Crippen molar-refractivity contribution in [2.24, 2.45) is 0 Å². The highest BCUT2D eigenvalue weighted by Crippen LogP contribution is 2.15. The van der Waals surface area contributed by atoms with Crippen LogP contribution in [0.1, 0.15) is 27.2 Å². The second kappa shape index (κ2) is 6.91. The van der Waals surface area contributed by atoms with Gasteiger partial charge in [0.15, 0.2) is 0 Å². The van der Waals surface area contributed by atoms with Gasteiger partial charge in [-0.3, -0.25) is 4.79 Å². The molecule has 0 unspecified atom stereocenters. The van der Waals surface area contributed by atoms with Gasteiger partial charge in [0, 0.05) is 18.5 Å². The molecule has 0 aliphatic carbocycles. The molecule has 0 aromatic heterocycles. The number of methoxy groups -OCH3 is 1. The molecule has 0 aliphatic rings. The van der Waals surface area contributed by atoms with E-state index in [0.717, 1.165) is 0 Å². The average molecular weight is 314 g/mol. The smallest absolute Gasteiger partial charge is 0.240 e. The lowest BCUT2D eigenvalue weighted by atomic mass is 10.1. The van der Waals surface area contributed by atoms with Gasteiger partial charge in [-0.05, 0) is 45.0 Å². The van der Waals surface area contributed by atoms with E-state index in [2.05, 4.69) is 10.0 Å². The summed E-state index contributed by atoms with van der Waals surface area (Å²) in [5, 5.41) is 2.77. The molecule has 1 aromatic rings. The monoisotopic (exact) mass is 314 g/mol. The third-order valence-corrected chi connectivity index (χ3v) is 4.01. The molecule has 0 radical (unpaired) electrons. The number of carbonyl (C=O) groups excluding carboxylic acids is 1. The maximum atomic E-state index is 12.0. The van der Waals surface area contributed by atoms with Gasteiger partial charge in [0.25, 0.3) is 0 Å². The van der Waals surface area contributed by atoms with E-state index in [0.29, 0.717) is 5.75 Å². The summed E-state index contributed by atoms with van der Waals surface area (Å²) in [6, 6.07) is 6.05. The first-order chi connectivity index (χ1) is 9.64. The van der Waals surface area contributed by atoms with Crippen molar-refractivity contribution in [1.82, 2.24) is 10.0 Å². The summed E-state index contributed by atoms with van der Waals surface area (Å²) in [6.45, 7) is 5.65. The highest BCUT2D eigenvalue weighted by atomic mass is 32.2. The van der Waals surface area contributed by atoms with Gasteiger partial charge in [0.2, 0.25) is 15.9 Å². The van der Waals surface area contributed by atoms with Crippen LogP contribution in [0.5, 0.6) is 5.75 Å². The topological polar surface area (TPSA) is 84.5 Å². The van der Waals surface area contributed by atoms with Gasteiger partial charge in [0.1, 0.15) is 5.75 Å². The second-order valence-corrected chi connectivity index (χ2v) is 7.39. The van der Waals surface area contributed by atoms with Crippen LogP contribution in [0.4, 0.5) is 0 Å². The normalized spacial score (nSPS) is 12.0. The number of nitrogens with one attached hydrogen (secondary N) is 2. The van der Waals surface area contributed by atoms with Gasteiger partial charge in [-0.25, -0.2) is 13.1 Å². The molecule has 1 rings (SSSR count).